The zero-order valence-electron chi connectivity index (χ0n) is 11.1. The number of benzene rings is 1. The fourth-order valence-electron chi connectivity index (χ4n) is 1.76. The molecule has 0 amide bonds. The van der Waals surface area contributed by atoms with Gasteiger partial charge in [0, 0.05) is 17.1 Å². The second-order valence-corrected chi connectivity index (χ2v) is 8.46. The van der Waals surface area contributed by atoms with Crippen LogP contribution in [0.1, 0.15) is 10.4 Å². The van der Waals surface area contributed by atoms with Crippen molar-refractivity contribution in [3.63, 3.8) is 0 Å². The average Bonchev–Trinajstić information content (AvgIpc) is 2.71. The highest BCUT2D eigenvalue weighted by Crippen LogP contribution is 2.32. The standard InChI is InChI=1S/C13H15BrN2O2S2/c1-9-4-3-5-10(6-9)16-20(17,18)12-7-11(8-15-2)19-13(12)14/h3-7,15-16H,8H2,1-2H3. The molecule has 0 fully saturated rings. The number of hydrogen-bond acceptors (Lipinski definition) is 4. The summed E-state index contributed by atoms with van der Waals surface area (Å²) < 4.78 is 28.0. The molecule has 108 valence electrons. The fourth-order valence-corrected chi connectivity index (χ4v) is 5.51. The number of aryl methyl sites for hydroxylation is 1. The van der Waals surface area contributed by atoms with E-state index in [0.717, 1.165) is 10.4 Å². The van der Waals surface area contributed by atoms with Gasteiger partial charge in [0.05, 0.1) is 3.79 Å². The molecule has 0 atom stereocenters. The van der Waals surface area contributed by atoms with E-state index in [1.54, 1.807) is 18.2 Å². The Bertz CT molecular complexity index is 711. The molecule has 0 saturated heterocycles. The molecule has 1 heterocycles. The van der Waals surface area contributed by atoms with E-state index >= 15 is 0 Å². The van der Waals surface area contributed by atoms with Gasteiger partial charge in [-0.3, -0.25) is 4.72 Å². The highest BCUT2D eigenvalue weighted by Gasteiger charge is 2.20. The van der Waals surface area contributed by atoms with Crippen molar-refractivity contribution in [3.05, 3.63) is 44.6 Å². The molecule has 4 nitrogen and oxygen atoms in total. The van der Waals surface area contributed by atoms with E-state index in [-0.39, 0.29) is 4.90 Å². The van der Waals surface area contributed by atoms with Gasteiger partial charge in [-0.25, -0.2) is 8.42 Å². The maximum atomic E-state index is 12.4. The van der Waals surface area contributed by atoms with Crippen molar-refractivity contribution in [1.82, 2.24) is 5.32 Å². The summed E-state index contributed by atoms with van der Waals surface area (Å²) in [7, 11) is -1.75. The lowest BCUT2D eigenvalue weighted by Crippen LogP contribution is -2.12. The summed E-state index contributed by atoms with van der Waals surface area (Å²) in [6.45, 7) is 2.56. The molecule has 0 aliphatic heterocycles. The van der Waals surface area contributed by atoms with Gasteiger partial charge >= 0.3 is 0 Å². The maximum absolute atomic E-state index is 12.4. The molecule has 0 aliphatic rings. The lowest BCUT2D eigenvalue weighted by atomic mass is 10.2. The molecule has 2 aromatic rings. The first-order chi connectivity index (χ1) is 9.42. The Kier molecular flexibility index (Phi) is 4.85. The van der Waals surface area contributed by atoms with E-state index in [1.165, 1.54) is 11.3 Å². The molecule has 1 aromatic carbocycles. The SMILES string of the molecule is CNCc1cc(S(=O)(=O)Nc2cccc(C)c2)c(Br)s1. The Hall–Kier alpha value is -0.890. The minimum absolute atomic E-state index is 0.272. The molecule has 0 radical (unpaired) electrons. The summed E-state index contributed by atoms with van der Waals surface area (Å²) in [5.41, 5.74) is 1.57. The number of halogens is 1. The summed E-state index contributed by atoms with van der Waals surface area (Å²) in [6.07, 6.45) is 0. The predicted molar refractivity (Wildman–Crippen MR) is 86.8 cm³/mol. The van der Waals surface area contributed by atoms with Crippen LogP contribution in [0.3, 0.4) is 0 Å². The van der Waals surface area contributed by atoms with Crippen LogP contribution in [-0.4, -0.2) is 15.5 Å². The number of nitrogens with one attached hydrogen (secondary N) is 2. The molecule has 7 heteroatoms. The highest BCUT2D eigenvalue weighted by atomic mass is 79.9. The maximum Gasteiger partial charge on any atom is 0.263 e. The van der Waals surface area contributed by atoms with Gasteiger partial charge in [0.2, 0.25) is 0 Å². The van der Waals surface area contributed by atoms with E-state index in [2.05, 4.69) is 26.0 Å². The molecule has 2 rings (SSSR count). The minimum atomic E-state index is -3.57. The van der Waals surface area contributed by atoms with Gasteiger partial charge in [-0.15, -0.1) is 11.3 Å². The first-order valence-corrected chi connectivity index (χ1v) is 9.04. The molecule has 0 unspecified atom stereocenters. The minimum Gasteiger partial charge on any atom is -0.315 e. The van der Waals surface area contributed by atoms with E-state index in [0.29, 0.717) is 16.0 Å². The topological polar surface area (TPSA) is 58.2 Å². The summed E-state index contributed by atoms with van der Waals surface area (Å²) in [4.78, 5) is 1.23. The highest BCUT2D eigenvalue weighted by molar-refractivity contribution is 9.11. The molecule has 0 bridgehead atoms. The zero-order chi connectivity index (χ0) is 14.8. The van der Waals surface area contributed by atoms with Gasteiger partial charge < -0.3 is 5.32 Å². The van der Waals surface area contributed by atoms with Crippen LogP contribution in [0.2, 0.25) is 0 Å². The summed E-state index contributed by atoms with van der Waals surface area (Å²) in [5, 5.41) is 3.01. The molecule has 0 aliphatic carbocycles. The monoisotopic (exact) mass is 374 g/mol. The van der Waals surface area contributed by atoms with Crippen molar-refractivity contribution in [2.75, 3.05) is 11.8 Å². The summed E-state index contributed by atoms with van der Waals surface area (Å²) in [6, 6.07) is 8.96. The Morgan fingerprint density at radius 1 is 1.30 bits per heavy atom. The van der Waals surface area contributed by atoms with Gasteiger partial charge in [-0.2, -0.15) is 0 Å². The van der Waals surface area contributed by atoms with Crippen molar-refractivity contribution < 1.29 is 8.42 Å². The van der Waals surface area contributed by atoms with Crippen molar-refractivity contribution >= 4 is 43.0 Å². The zero-order valence-corrected chi connectivity index (χ0v) is 14.3. The summed E-state index contributed by atoms with van der Waals surface area (Å²) >= 11 is 4.74. The third-order valence-electron chi connectivity index (χ3n) is 2.62. The molecule has 0 saturated carbocycles. The number of thiophene rings is 1. The van der Waals surface area contributed by atoms with Crippen LogP contribution in [0.15, 0.2) is 39.0 Å². The number of sulfonamides is 1. The van der Waals surface area contributed by atoms with Crippen LogP contribution >= 0.6 is 27.3 Å². The lowest BCUT2D eigenvalue weighted by molar-refractivity contribution is 0.601. The molecule has 0 spiro atoms. The number of hydrogen-bond donors (Lipinski definition) is 2. The van der Waals surface area contributed by atoms with Gasteiger partial charge in [0.15, 0.2) is 0 Å². The van der Waals surface area contributed by atoms with E-state index in [1.807, 2.05) is 26.1 Å². The molecule has 20 heavy (non-hydrogen) atoms. The number of rotatable bonds is 5. The van der Waals surface area contributed by atoms with Crippen molar-refractivity contribution in [2.45, 2.75) is 18.4 Å². The third kappa shape index (κ3) is 3.60. The predicted octanol–water partition coefficient (Wildman–Crippen LogP) is 3.34. The van der Waals surface area contributed by atoms with Crippen molar-refractivity contribution in [1.29, 1.82) is 0 Å². The Morgan fingerprint density at radius 3 is 2.70 bits per heavy atom. The van der Waals surface area contributed by atoms with Crippen LogP contribution in [0.5, 0.6) is 0 Å². The van der Waals surface area contributed by atoms with E-state index in [4.69, 9.17) is 0 Å². The largest absolute Gasteiger partial charge is 0.315 e. The average molecular weight is 375 g/mol. The Morgan fingerprint density at radius 2 is 2.05 bits per heavy atom. The van der Waals surface area contributed by atoms with Crippen molar-refractivity contribution in [2.24, 2.45) is 0 Å². The third-order valence-corrected chi connectivity index (χ3v) is 6.25. The molecular formula is C13H15BrN2O2S2. The lowest BCUT2D eigenvalue weighted by Gasteiger charge is -2.07. The molecule has 2 N–H and O–H groups in total. The van der Waals surface area contributed by atoms with Crippen LogP contribution in [0.25, 0.3) is 0 Å². The molecule has 1 aromatic heterocycles. The van der Waals surface area contributed by atoms with Crippen LogP contribution in [0, 0.1) is 6.92 Å². The van der Waals surface area contributed by atoms with Gasteiger partial charge in [-0.05, 0) is 53.7 Å². The smallest absolute Gasteiger partial charge is 0.263 e. The van der Waals surface area contributed by atoms with Gasteiger partial charge in [0.1, 0.15) is 4.90 Å². The van der Waals surface area contributed by atoms with Crippen molar-refractivity contribution in [3.8, 4) is 0 Å². The Balaban J connectivity index is 2.30. The second-order valence-electron chi connectivity index (χ2n) is 4.36. The van der Waals surface area contributed by atoms with E-state index in [9.17, 15) is 8.42 Å². The second kappa shape index (κ2) is 6.26. The van der Waals surface area contributed by atoms with Crippen LogP contribution in [0.4, 0.5) is 5.69 Å². The Labute approximate surface area is 131 Å². The first-order valence-electron chi connectivity index (χ1n) is 5.94. The van der Waals surface area contributed by atoms with Gasteiger partial charge in [-0.1, -0.05) is 12.1 Å². The fraction of sp³-hybridized carbons (Fsp3) is 0.231. The van der Waals surface area contributed by atoms with Crippen LogP contribution in [-0.2, 0) is 16.6 Å². The molecular weight excluding hydrogens is 360 g/mol. The number of anilines is 1. The normalized spacial score (nSPS) is 11.6. The van der Waals surface area contributed by atoms with Gasteiger partial charge in [0.25, 0.3) is 10.0 Å². The quantitative estimate of drug-likeness (QED) is 0.843. The van der Waals surface area contributed by atoms with E-state index < -0.39 is 10.0 Å². The summed E-state index contributed by atoms with van der Waals surface area (Å²) in [5.74, 6) is 0. The first kappa shape index (κ1) is 15.5. The van der Waals surface area contributed by atoms with Crippen LogP contribution < -0.4 is 10.0 Å².